The van der Waals surface area contributed by atoms with Crippen LogP contribution in [0.5, 0.6) is 0 Å². The molecular formula is C12H14Cl2N2O5. The SMILES string of the molecule is COCC(O)CN(C)C(=O)c1cc([N+](=O)[O-])cc(Cl)c1Cl. The normalized spacial score (nSPS) is 12.0. The number of aliphatic hydroxyl groups is 1. The Hall–Kier alpha value is -1.41. The number of non-ortho nitro benzene ring substituents is 1. The fourth-order valence-electron chi connectivity index (χ4n) is 1.69. The molecular weight excluding hydrogens is 323 g/mol. The number of hydrogen-bond acceptors (Lipinski definition) is 5. The molecule has 1 aromatic carbocycles. The number of ether oxygens (including phenoxy) is 1. The van der Waals surface area contributed by atoms with Gasteiger partial charge in [0.25, 0.3) is 11.6 Å². The largest absolute Gasteiger partial charge is 0.389 e. The van der Waals surface area contributed by atoms with Gasteiger partial charge in [-0.2, -0.15) is 0 Å². The van der Waals surface area contributed by atoms with Gasteiger partial charge in [-0.1, -0.05) is 23.2 Å². The van der Waals surface area contributed by atoms with Gasteiger partial charge in [0, 0.05) is 32.8 Å². The first kappa shape index (κ1) is 17.6. The van der Waals surface area contributed by atoms with Crippen LogP contribution in [0.4, 0.5) is 5.69 Å². The number of hydrogen-bond donors (Lipinski definition) is 1. The molecule has 1 rings (SSSR count). The van der Waals surface area contributed by atoms with Gasteiger partial charge < -0.3 is 14.7 Å². The molecule has 1 aromatic rings. The van der Waals surface area contributed by atoms with Crippen LogP contribution in [0, 0.1) is 10.1 Å². The number of benzene rings is 1. The molecule has 21 heavy (non-hydrogen) atoms. The first-order chi connectivity index (χ1) is 9.77. The summed E-state index contributed by atoms with van der Waals surface area (Å²) < 4.78 is 4.76. The number of amides is 1. The summed E-state index contributed by atoms with van der Waals surface area (Å²) >= 11 is 11.7. The Labute approximate surface area is 131 Å². The van der Waals surface area contributed by atoms with Crippen LogP contribution in [-0.4, -0.2) is 54.3 Å². The maximum absolute atomic E-state index is 12.2. The summed E-state index contributed by atoms with van der Waals surface area (Å²) in [5.41, 5.74) is -0.429. The van der Waals surface area contributed by atoms with E-state index in [4.69, 9.17) is 27.9 Å². The van der Waals surface area contributed by atoms with Crippen molar-refractivity contribution < 1.29 is 19.6 Å². The third-order valence-electron chi connectivity index (χ3n) is 2.64. The van der Waals surface area contributed by atoms with Gasteiger partial charge in [0.05, 0.1) is 33.2 Å². The lowest BCUT2D eigenvalue weighted by Gasteiger charge is -2.21. The standard InChI is InChI=1S/C12H14Cl2N2O5/c1-15(5-8(17)6-21-2)12(18)9-3-7(16(19)20)4-10(13)11(9)14/h3-4,8,17H,5-6H2,1-2H3. The third kappa shape index (κ3) is 4.53. The number of rotatable bonds is 6. The highest BCUT2D eigenvalue weighted by Gasteiger charge is 2.23. The number of aliphatic hydroxyl groups excluding tert-OH is 1. The van der Waals surface area contributed by atoms with Crippen molar-refractivity contribution in [2.45, 2.75) is 6.10 Å². The summed E-state index contributed by atoms with van der Waals surface area (Å²) in [6.07, 6.45) is -0.878. The van der Waals surface area contributed by atoms with Gasteiger partial charge in [0.15, 0.2) is 0 Å². The fourth-order valence-corrected chi connectivity index (χ4v) is 2.09. The lowest BCUT2D eigenvalue weighted by atomic mass is 10.1. The lowest BCUT2D eigenvalue weighted by molar-refractivity contribution is -0.384. The van der Waals surface area contributed by atoms with Crippen molar-refractivity contribution in [1.82, 2.24) is 4.90 Å². The highest BCUT2D eigenvalue weighted by atomic mass is 35.5. The van der Waals surface area contributed by atoms with E-state index in [1.165, 1.54) is 19.1 Å². The van der Waals surface area contributed by atoms with Crippen LogP contribution in [0.2, 0.25) is 10.0 Å². The monoisotopic (exact) mass is 336 g/mol. The highest BCUT2D eigenvalue weighted by molar-refractivity contribution is 6.44. The summed E-state index contributed by atoms with van der Waals surface area (Å²) in [7, 11) is 2.85. The molecule has 116 valence electrons. The van der Waals surface area contributed by atoms with Crippen molar-refractivity contribution in [2.75, 3.05) is 27.3 Å². The van der Waals surface area contributed by atoms with Crippen LogP contribution in [-0.2, 0) is 4.74 Å². The molecule has 0 bridgehead atoms. The Kier molecular flexibility index (Phi) is 6.35. The summed E-state index contributed by atoms with van der Waals surface area (Å²) in [6.45, 7) is 0.0460. The predicted octanol–water partition coefficient (Wildman–Crippen LogP) is 1.98. The molecule has 1 atom stereocenters. The molecule has 0 aliphatic carbocycles. The zero-order chi connectivity index (χ0) is 16.2. The smallest absolute Gasteiger partial charge is 0.271 e. The van der Waals surface area contributed by atoms with Gasteiger partial charge in [-0.05, 0) is 0 Å². The van der Waals surface area contributed by atoms with Crippen molar-refractivity contribution in [3.05, 3.63) is 37.9 Å². The van der Waals surface area contributed by atoms with E-state index in [1.807, 2.05) is 0 Å². The Balaban J connectivity index is 3.03. The molecule has 0 saturated heterocycles. The van der Waals surface area contributed by atoms with Crippen molar-refractivity contribution in [3.8, 4) is 0 Å². The molecule has 0 saturated carbocycles. The van der Waals surface area contributed by atoms with Gasteiger partial charge in [-0.15, -0.1) is 0 Å². The van der Waals surface area contributed by atoms with Gasteiger partial charge in [-0.25, -0.2) is 0 Å². The zero-order valence-electron chi connectivity index (χ0n) is 11.4. The van der Waals surface area contributed by atoms with Crippen molar-refractivity contribution in [2.24, 2.45) is 0 Å². The Morgan fingerprint density at radius 1 is 1.52 bits per heavy atom. The van der Waals surface area contributed by atoms with E-state index in [1.54, 1.807) is 0 Å². The quantitative estimate of drug-likeness (QED) is 0.633. The van der Waals surface area contributed by atoms with E-state index < -0.39 is 16.9 Å². The third-order valence-corrected chi connectivity index (χ3v) is 3.45. The zero-order valence-corrected chi connectivity index (χ0v) is 12.9. The average Bonchev–Trinajstić information content (AvgIpc) is 2.40. The van der Waals surface area contributed by atoms with Crippen LogP contribution in [0.3, 0.4) is 0 Å². The molecule has 9 heteroatoms. The minimum Gasteiger partial charge on any atom is -0.389 e. The molecule has 7 nitrogen and oxygen atoms in total. The van der Waals surface area contributed by atoms with E-state index in [2.05, 4.69) is 0 Å². The minimum absolute atomic E-state index is 0.0106. The second-order valence-electron chi connectivity index (χ2n) is 4.34. The number of carbonyl (C=O) groups is 1. The number of carbonyl (C=O) groups excluding carboxylic acids is 1. The van der Waals surface area contributed by atoms with Crippen LogP contribution < -0.4 is 0 Å². The summed E-state index contributed by atoms with van der Waals surface area (Å²) in [5.74, 6) is -0.583. The Morgan fingerprint density at radius 3 is 2.67 bits per heavy atom. The maximum atomic E-state index is 12.2. The highest BCUT2D eigenvalue weighted by Crippen LogP contribution is 2.31. The molecule has 0 fully saturated rings. The van der Waals surface area contributed by atoms with Crippen LogP contribution >= 0.6 is 23.2 Å². The summed E-state index contributed by atoms with van der Waals surface area (Å²) in [5, 5.41) is 20.2. The van der Waals surface area contributed by atoms with E-state index in [0.717, 1.165) is 12.1 Å². The number of nitrogens with zero attached hydrogens (tertiary/aromatic N) is 2. The molecule has 0 spiro atoms. The van der Waals surface area contributed by atoms with E-state index >= 15 is 0 Å². The van der Waals surface area contributed by atoms with Gasteiger partial charge >= 0.3 is 0 Å². The van der Waals surface area contributed by atoms with E-state index in [0.29, 0.717) is 0 Å². The molecule has 1 N–H and O–H groups in total. The number of nitro groups is 1. The number of nitro benzene ring substituents is 1. The molecule has 0 radical (unpaired) electrons. The van der Waals surface area contributed by atoms with Gasteiger partial charge in [-0.3, -0.25) is 14.9 Å². The molecule has 0 aromatic heterocycles. The Bertz CT molecular complexity index is 553. The number of halogens is 2. The predicted molar refractivity (Wildman–Crippen MR) is 78.0 cm³/mol. The van der Waals surface area contributed by atoms with Gasteiger partial charge in [0.1, 0.15) is 0 Å². The Morgan fingerprint density at radius 2 is 2.14 bits per heavy atom. The molecule has 1 amide bonds. The molecule has 0 heterocycles. The van der Waals surface area contributed by atoms with Crippen molar-refractivity contribution in [3.63, 3.8) is 0 Å². The second-order valence-corrected chi connectivity index (χ2v) is 5.13. The van der Waals surface area contributed by atoms with Crippen molar-refractivity contribution >= 4 is 34.8 Å². The molecule has 0 aliphatic rings. The minimum atomic E-state index is -0.878. The van der Waals surface area contributed by atoms with Crippen LogP contribution in [0.25, 0.3) is 0 Å². The molecule has 0 aliphatic heterocycles. The van der Waals surface area contributed by atoms with Crippen LogP contribution in [0.15, 0.2) is 12.1 Å². The van der Waals surface area contributed by atoms with E-state index in [9.17, 15) is 20.0 Å². The average molecular weight is 337 g/mol. The first-order valence-corrected chi connectivity index (χ1v) is 6.59. The lowest BCUT2D eigenvalue weighted by Crippen LogP contribution is -2.36. The first-order valence-electron chi connectivity index (χ1n) is 5.83. The number of methoxy groups -OCH3 is 1. The van der Waals surface area contributed by atoms with Crippen molar-refractivity contribution in [1.29, 1.82) is 0 Å². The summed E-state index contributed by atoms with van der Waals surface area (Å²) in [6, 6.07) is 2.12. The maximum Gasteiger partial charge on any atom is 0.271 e. The fraction of sp³-hybridized carbons (Fsp3) is 0.417. The second kappa shape index (κ2) is 7.56. The topological polar surface area (TPSA) is 92.9 Å². The molecule has 1 unspecified atom stereocenters. The van der Waals surface area contributed by atoms with Gasteiger partial charge in [0.2, 0.25) is 0 Å². The number of likely N-dealkylation sites (N-methyl/N-ethyl adjacent to an activating group) is 1. The summed E-state index contributed by atoms with van der Waals surface area (Å²) in [4.78, 5) is 23.6. The van der Waals surface area contributed by atoms with Crippen LogP contribution in [0.1, 0.15) is 10.4 Å². The van der Waals surface area contributed by atoms with E-state index in [-0.39, 0.29) is 34.4 Å².